The molecule has 76 valence electrons. The van der Waals surface area contributed by atoms with Crippen LogP contribution in [0.5, 0.6) is 0 Å². The maximum absolute atomic E-state index is 11.7. The number of hydrogen-bond donors (Lipinski definition) is 2. The van der Waals surface area contributed by atoms with Gasteiger partial charge in [-0.25, -0.2) is 4.79 Å². The van der Waals surface area contributed by atoms with Crippen LogP contribution in [0.25, 0.3) is 0 Å². The van der Waals surface area contributed by atoms with Crippen LogP contribution in [-0.2, 0) is 9.59 Å². The van der Waals surface area contributed by atoms with Crippen molar-refractivity contribution in [3.05, 3.63) is 0 Å². The molecule has 0 aromatic rings. The predicted octanol–water partition coefficient (Wildman–Crippen LogP) is 0.621. The highest BCUT2D eigenvalue weighted by Crippen LogP contribution is 1.99. The van der Waals surface area contributed by atoms with Gasteiger partial charge in [0.05, 0.1) is 0 Å². The second kappa shape index (κ2) is 5.45. The second-order valence-electron chi connectivity index (χ2n) is 2.49. The first kappa shape index (κ1) is 11.8. The topological polar surface area (TPSA) is 66.4 Å². The van der Waals surface area contributed by atoms with Crippen molar-refractivity contribution < 1.29 is 23.5 Å². The van der Waals surface area contributed by atoms with Crippen molar-refractivity contribution in [1.29, 1.82) is 0 Å². The lowest BCUT2D eigenvalue weighted by Crippen LogP contribution is -2.43. The molecule has 0 saturated carbocycles. The zero-order chi connectivity index (χ0) is 10.4. The number of amides is 1. The van der Waals surface area contributed by atoms with Crippen LogP contribution < -0.4 is 5.32 Å². The molecule has 0 aliphatic rings. The quantitative estimate of drug-likeness (QED) is 0.675. The van der Waals surface area contributed by atoms with Gasteiger partial charge in [0.2, 0.25) is 0 Å². The van der Waals surface area contributed by atoms with E-state index in [1.54, 1.807) is 12.2 Å². The highest BCUT2D eigenvalue weighted by molar-refractivity contribution is 5.85. The number of hydrogen-bond acceptors (Lipinski definition) is 2. The third kappa shape index (κ3) is 4.39. The van der Waals surface area contributed by atoms with E-state index in [4.69, 9.17) is 5.11 Å². The summed E-state index contributed by atoms with van der Waals surface area (Å²) in [7, 11) is 0. The Morgan fingerprint density at radius 2 is 2.00 bits per heavy atom. The first-order valence-electron chi connectivity index (χ1n) is 3.80. The average Bonchev–Trinajstić information content (AvgIpc) is 2.03. The summed E-state index contributed by atoms with van der Waals surface area (Å²) in [6.45, 7) is 1.70. The molecule has 1 unspecified atom stereocenters. The average molecular weight is 195 g/mol. The lowest BCUT2D eigenvalue weighted by atomic mass is 10.2. The molecular weight excluding hydrogens is 184 g/mol. The first-order valence-corrected chi connectivity index (χ1v) is 3.80. The summed E-state index contributed by atoms with van der Waals surface area (Å²) >= 11 is 0. The van der Waals surface area contributed by atoms with Gasteiger partial charge < -0.3 is 10.4 Å². The Kier molecular flexibility index (Phi) is 4.94. The molecule has 0 aliphatic heterocycles. The van der Waals surface area contributed by atoms with E-state index in [2.05, 4.69) is 0 Å². The van der Waals surface area contributed by atoms with E-state index in [0.29, 0.717) is 6.42 Å². The van der Waals surface area contributed by atoms with Crippen molar-refractivity contribution in [1.82, 2.24) is 5.32 Å². The van der Waals surface area contributed by atoms with Crippen molar-refractivity contribution in [2.45, 2.75) is 32.2 Å². The summed E-state index contributed by atoms with van der Waals surface area (Å²) in [5.41, 5.74) is 0. The molecule has 0 saturated heterocycles. The second-order valence-corrected chi connectivity index (χ2v) is 2.49. The summed E-state index contributed by atoms with van der Waals surface area (Å²) in [5, 5.41) is 10.2. The minimum Gasteiger partial charge on any atom is -0.480 e. The fraction of sp³-hybridized carbons (Fsp3) is 0.714. The van der Waals surface area contributed by atoms with E-state index in [9.17, 15) is 18.4 Å². The molecule has 0 spiro atoms. The lowest BCUT2D eigenvalue weighted by Gasteiger charge is -2.12. The molecule has 0 rings (SSSR count). The Morgan fingerprint density at radius 1 is 1.46 bits per heavy atom. The highest BCUT2D eigenvalue weighted by Gasteiger charge is 2.23. The SMILES string of the molecule is CCCC(NC(=O)C(F)F)C(=O)O. The highest BCUT2D eigenvalue weighted by atomic mass is 19.3. The van der Waals surface area contributed by atoms with Crippen molar-refractivity contribution >= 4 is 11.9 Å². The Balaban J connectivity index is 4.10. The monoisotopic (exact) mass is 195 g/mol. The minimum absolute atomic E-state index is 0.147. The summed E-state index contributed by atoms with van der Waals surface area (Å²) < 4.78 is 23.4. The number of nitrogens with one attached hydrogen (secondary N) is 1. The number of rotatable bonds is 5. The number of halogens is 2. The van der Waals surface area contributed by atoms with E-state index in [1.165, 1.54) is 0 Å². The fourth-order valence-corrected chi connectivity index (χ4v) is 0.781. The van der Waals surface area contributed by atoms with E-state index >= 15 is 0 Å². The van der Waals surface area contributed by atoms with Gasteiger partial charge in [0, 0.05) is 0 Å². The van der Waals surface area contributed by atoms with Gasteiger partial charge in [0.15, 0.2) is 0 Å². The molecule has 0 bridgehead atoms. The minimum atomic E-state index is -3.17. The van der Waals surface area contributed by atoms with Crippen LogP contribution in [-0.4, -0.2) is 29.5 Å². The molecule has 0 fully saturated rings. The van der Waals surface area contributed by atoms with E-state index in [-0.39, 0.29) is 6.42 Å². The van der Waals surface area contributed by atoms with Gasteiger partial charge in [-0.15, -0.1) is 0 Å². The standard InChI is InChI=1S/C7H11F2NO3/c1-2-3-4(7(12)13)10-6(11)5(8)9/h4-5H,2-3H2,1H3,(H,10,11)(H,12,13). The van der Waals surface area contributed by atoms with Gasteiger partial charge >= 0.3 is 12.4 Å². The van der Waals surface area contributed by atoms with Crippen LogP contribution in [0.3, 0.4) is 0 Å². The van der Waals surface area contributed by atoms with Crippen LogP contribution >= 0.6 is 0 Å². The number of aliphatic carboxylic acids is 1. The predicted molar refractivity (Wildman–Crippen MR) is 40.5 cm³/mol. The third-order valence-corrected chi connectivity index (χ3v) is 1.39. The van der Waals surface area contributed by atoms with Crippen LogP contribution in [0.1, 0.15) is 19.8 Å². The van der Waals surface area contributed by atoms with Crippen LogP contribution in [0.15, 0.2) is 0 Å². The number of carbonyl (C=O) groups is 2. The van der Waals surface area contributed by atoms with Gasteiger partial charge in [-0.2, -0.15) is 8.78 Å². The number of carboxylic acids is 1. The zero-order valence-corrected chi connectivity index (χ0v) is 7.09. The van der Waals surface area contributed by atoms with E-state index in [1.807, 2.05) is 0 Å². The Hall–Kier alpha value is -1.20. The number of carboxylic acid groups (broad SMARTS) is 1. The van der Waals surface area contributed by atoms with E-state index in [0.717, 1.165) is 0 Å². The zero-order valence-electron chi connectivity index (χ0n) is 7.09. The fourth-order valence-electron chi connectivity index (χ4n) is 0.781. The Bertz CT molecular complexity index is 196. The van der Waals surface area contributed by atoms with Gasteiger partial charge in [0.1, 0.15) is 6.04 Å². The van der Waals surface area contributed by atoms with Gasteiger partial charge in [-0.05, 0) is 6.42 Å². The van der Waals surface area contributed by atoms with Gasteiger partial charge in [-0.1, -0.05) is 13.3 Å². The van der Waals surface area contributed by atoms with Gasteiger partial charge in [0.25, 0.3) is 5.91 Å². The van der Waals surface area contributed by atoms with Crippen molar-refractivity contribution in [2.24, 2.45) is 0 Å². The van der Waals surface area contributed by atoms with Gasteiger partial charge in [-0.3, -0.25) is 4.79 Å². The Labute approximate surface area is 73.9 Å². The molecule has 0 aromatic carbocycles. The number of carbonyl (C=O) groups excluding carboxylic acids is 1. The maximum atomic E-state index is 11.7. The molecule has 0 aliphatic carbocycles. The Morgan fingerprint density at radius 3 is 2.31 bits per heavy atom. The number of alkyl halides is 2. The molecule has 4 nitrogen and oxygen atoms in total. The smallest absolute Gasteiger partial charge is 0.326 e. The lowest BCUT2D eigenvalue weighted by molar-refractivity contribution is -0.144. The van der Waals surface area contributed by atoms with Crippen LogP contribution in [0.2, 0.25) is 0 Å². The third-order valence-electron chi connectivity index (χ3n) is 1.39. The summed E-state index contributed by atoms with van der Waals surface area (Å²) in [6, 6.07) is -1.22. The molecule has 0 heterocycles. The van der Waals surface area contributed by atoms with Crippen molar-refractivity contribution in [3.63, 3.8) is 0 Å². The van der Waals surface area contributed by atoms with Crippen molar-refractivity contribution in [2.75, 3.05) is 0 Å². The van der Waals surface area contributed by atoms with Crippen LogP contribution in [0, 0.1) is 0 Å². The summed E-state index contributed by atoms with van der Waals surface area (Å²) in [5.74, 6) is -2.84. The largest absolute Gasteiger partial charge is 0.480 e. The van der Waals surface area contributed by atoms with E-state index < -0.39 is 24.3 Å². The molecule has 1 amide bonds. The summed E-state index contributed by atoms with van der Waals surface area (Å²) in [6.07, 6.45) is -2.52. The molecule has 13 heavy (non-hydrogen) atoms. The van der Waals surface area contributed by atoms with Crippen LogP contribution in [0.4, 0.5) is 8.78 Å². The molecule has 0 aromatic heterocycles. The normalized spacial score (nSPS) is 12.6. The molecule has 1 atom stereocenters. The molecule has 0 radical (unpaired) electrons. The molecule has 2 N–H and O–H groups in total. The maximum Gasteiger partial charge on any atom is 0.326 e. The summed E-state index contributed by atoms with van der Waals surface area (Å²) in [4.78, 5) is 20.8. The first-order chi connectivity index (χ1) is 5.99. The molecule has 6 heteroatoms. The van der Waals surface area contributed by atoms with Crippen molar-refractivity contribution in [3.8, 4) is 0 Å². The molecular formula is C7H11F2NO3.